The van der Waals surface area contributed by atoms with E-state index >= 15 is 0 Å². The number of thiazole rings is 1. The minimum absolute atomic E-state index is 0.157. The fraction of sp³-hybridized carbons (Fsp3) is 0.250. The van der Waals surface area contributed by atoms with Gasteiger partial charge in [-0.15, -0.1) is 11.3 Å². The third kappa shape index (κ3) is 2.94. The number of aromatic nitrogens is 1. The zero-order chi connectivity index (χ0) is 14.0. The first kappa shape index (κ1) is 14.0. The topological polar surface area (TPSA) is 85.1 Å². The fourth-order valence-corrected chi connectivity index (χ4v) is 3.79. The summed E-state index contributed by atoms with van der Waals surface area (Å²) in [4.78, 5) is 4.19. The van der Waals surface area contributed by atoms with Crippen LogP contribution in [0.1, 0.15) is 16.1 Å². The Morgan fingerprint density at radius 1 is 1.32 bits per heavy atom. The molecule has 0 aliphatic carbocycles. The van der Waals surface area contributed by atoms with E-state index in [0.717, 1.165) is 5.56 Å². The monoisotopic (exact) mass is 297 g/mol. The van der Waals surface area contributed by atoms with Crippen LogP contribution < -0.4 is 10.5 Å². The Bertz CT molecular complexity index is 679. The molecule has 0 aliphatic rings. The molecule has 0 unspecified atom stereocenters. The molecule has 0 atom stereocenters. The van der Waals surface area contributed by atoms with Crippen LogP contribution in [0.4, 0.5) is 5.69 Å². The Balaban J connectivity index is 2.32. The largest absolute Gasteiger partial charge is 0.397 e. The summed E-state index contributed by atoms with van der Waals surface area (Å²) >= 11 is 1.40. The smallest absolute Gasteiger partial charge is 0.243 e. The van der Waals surface area contributed by atoms with Gasteiger partial charge >= 0.3 is 0 Å². The van der Waals surface area contributed by atoms with Crippen molar-refractivity contribution in [3.63, 3.8) is 0 Å². The van der Waals surface area contributed by atoms with E-state index in [9.17, 15) is 8.42 Å². The van der Waals surface area contributed by atoms with Gasteiger partial charge < -0.3 is 5.73 Å². The number of benzene rings is 1. The summed E-state index contributed by atoms with van der Waals surface area (Å²) in [6, 6.07) is 3.56. The highest BCUT2D eigenvalue weighted by Crippen LogP contribution is 2.25. The molecule has 102 valence electrons. The minimum Gasteiger partial charge on any atom is -0.397 e. The number of aryl methyl sites for hydroxylation is 2. The summed E-state index contributed by atoms with van der Waals surface area (Å²) in [6.07, 6.45) is 1.64. The molecule has 0 aliphatic heterocycles. The van der Waals surface area contributed by atoms with Crippen molar-refractivity contribution in [1.82, 2.24) is 9.71 Å². The first-order valence-electron chi connectivity index (χ1n) is 5.65. The zero-order valence-electron chi connectivity index (χ0n) is 10.7. The van der Waals surface area contributed by atoms with Crippen LogP contribution in [-0.4, -0.2) is 13.4 Å². The number of rotatable bonds is 4. The van der Waals surface area contributed by atoms with Crippen molar-refractivity contribution < 1.29 is 8.42 Å². The maximum Gasteiger partial charge on any atom is 0.243 e. The summed E-state index contributed by atoms with van der Waals surface area (Å²) in [6.45, 7) is 3.69. The van der Waals surface area contributed by atoms with Gasteiger partial charge in [-0.2, -0.15) is 0 Å². The van der Waals surface area contributed by atoms with Gasteiger partial charge in [-0.1, -0.05) is 12.1 Å². The van der Waals surface area contributed by atoms with Crippen molar-refractivity contribution in [2.75, 3.05) is 5.73 Å². The summed E-state index contributed by atoms with van der Waals surface area (Å²) in [7, 11) is -3.63. The predicted octanol–water partition coefficient (Wildman–Crippen LogP) is 1.82. The number of nitrogen functional groups attached to an aromatic ring is 1. The van der Waals surface area contributed by atoms with Crippen LogP contribution in [0.5, 0.6) is 0 Å². The quantitative estimate of drug-likeness (QED) is 0.843. The molecule has 1 aromatic carbocycles. The number of nitrogens with one attached hydrogen (secondary N) is 1. The van der Waals surface area contributed by atoms with Crippen LogP contribution in [0, 0.1) is 13.8 Å². The Morgan fingerprint density at radius 3 is 2.63 bits per heavy atom. The summed E-state index contributed by atoms with van der Waals surface area (Å²) in [5.74, 6) is 0. The predicted molar refractivity (Wildman–Crippen MR) is 76.5 cm³/mol. The van der Waals surface area contributed by atoms with Crippen molar-refractivity contribution in [3.05, 3.63) is 39.8 Å². The summed E-state index contributed by atoms with van der Waals surface area (Å²) in [5, 5.41) is 2.52. The molecule has 1 aromatic heterocycles. The second kappa shape index (κ2) is 5.28. The molecule has 19 heavy (non-hydrogen) atoms. The molecule has 1 heterocycles. The molecular weight excluding hydrogens is 282 g/mol. The SMILES string of the molecule is Cc1ccc(C)c(S(=O)(=O)NCc2nccs2)c1N. The third-order valence-corrected chi connectivity index (χ3v) is 5.16. The number of hydrogen-bond acceptors (Lipinski definition) is 5. The first-order valence-corrected chi connectivity index (χ1v) is 8.02. The number of hydrogen-bond donors (Lipinski definition) is 2. The van der Waals surface area contributed by atoms with Gasteiger partial charge in [0.15, 0.2) is 0 Å². The molecule has 5 nitrogen and oxygen atoms in total. The number of sulfonamides is 1. The number of nitrogens with two attached hydrogens (primary N) is 1. The molecule has 0 bridgehead atoms. The van der Waals surface area contributed by atoms with Crippen LogP contribution in [0.3, 0.4) is 0 Å². The van der Waals surface area contributed by atoms with Gasteiger partial charge in [0.1, 0.15) is 9.90 Å². The van der Waals surface area contributed by atoms with E-state index in [-0.39, 0.29) is 11.4 Å². The van der Waals surface area contributed by atoms with E-state index in [1.165, 1.54) is 11.3 Å². The van der Waals surface area contributed by atoms with Crippen LogP contribution in [-0.2, 0) is 16.6 Å². The Labute approximate surface area is 116 Å². The van der Waals surface area contributed by atoms with Crippen LogP contribution in [0.15, 0.2) is 28.6 Å². The van der Waals surface area contributed by atoms with Gasteiger partial charge in [-0.05, 0) is 25.0 Å². The van der Waals surface area contributed by atoms with E-state index in [2.05, 4.69) is 9.71 Å². The standard InChI is InChI=1S/C12H15N3O2S2/c1-8-3-4-9(2)12(11(8)13)19(16,17)15-7-10-14-5-6-18-10/h3-6,15H,7,13H2,1-2H3. The molecule has 0 saturated heterocycles. The highest BCUT2D eigenvalue weighted by atomic mass is 32.2. The van der Waals surface area contributed by atoms with Gasteiger partial charge in [0.2, 0.25) is 10.0 Å². The maximum absolute atomic E-state index is 12.3. The number of anilines is 1. The van der Waals surface area contributed by atoms with Crippen molar-refractivity contribution in [2.45, 2.75) is 25.3 Å². The minimum atomic E-state index is -3.63. The highest BCUT2D eigenvalue weighted by Gasteiger charge is 2.21. The lowest BCUT2D eigenvalue weighted by atomic mass is 10.1. The lowest BCUT2D eigenvalue weighted by Gasteiger charge is -2.12. The van der Waals surface area contributed by atoms with Gasteiger partial charge in [0.05, 0.1) is 12.2 Å². The summed E-state index contributed by atoms with van der Waals surface area (Å²) < 4.78 is 27.1. The molecule has 0 amide bonds. The Hall–Kier alpha value is -1.44. The van der Waals surface area contributed by atoms with E-state index in [4.69, 9.17) is 5.73 Å². The van der Waals surface area contributed by atoms with Crippen LogP contribution in [0.2, 0.25) is 0 Å². The van der Waals surface area contributed by atoms with Crippen molar-refractivity contribution >= 4 is 27.0 Å². The molecule has 3 N–H and O–H groups in total. The first-order chi connectivity index (χ1) is 8.92. The lowest BCUT2D eigenvalue weighted by Crippen LogP contribution is -2.25. The zero-order valence-corrected chi connectivity index (χ0v) is 12.3. The van der Waals surface area contributed by atoms with E-state index in [0.29, 0.717) is 16.3 Å². The average molecular weight is 297 g/mol. The van der Waals surface area contributed by atoms with Gasteiger partial charge in [-0.3, -0.25) is 0 Å². The number of nitrogens with zero attached hydrogens (tertiary/aromatic N) is 1. The molecule has 2 rings (SSSR count). The summed E-state index contributed by atoms with van der Waals surface area (Å²) in [5.41, 5.74) is 7.57. The average Bonchev–Trinajstić information content (AvgIpc) is 2.85. The molecule has 7 heteroatoms. The van der Waals surface area contributed by atoms with E-state index in [1.807, 2.05) is 6.07 Å². The van der Waals surface area contributed by atoms with E-state index < -0.39 is 10.0 Å². The van der Waals surface area contributed by atoms with Crippen molar-refractivity contribution in [2.24, 2.45) is 0 Å². The fourth-order valence-electron chi connectivity index (χ4n) is 1.73. The van der Waals surface area contributed by atoms with Crippen LogP contribution >= 0.6 is 11.3 Å². The Kier molecular flexibility index (Phi) is 3.88. The maximum atomic E-state index is 12.3. The molecule has 0 radical (unpaired) electrons. The molecule has 0 spiro atoms. The molecule has 2 aromatic rings. The second-order valence-corrected chi connectivity index (χ2v) is 6.88. The van der Waals surface area contributed by atoms with Gasteiger partial charge in [0, 0.05) is 11.6 Å². The highest BCUT2D eigenvalue weighted by molar-refractivity contribution is 7.89. The van der Waals surface area contributed by atoms with Crippen LogP contribution in [0.25, 0.3) is 0 Å². The van der Waals surface area contributed by atoms with Gasteiger partial charge in [-0.25, -0.2) is 18.1 Å². The van der Waals surface area contributed by atoms with E-state index in [1.54, 1.807) is 31.5 Å². The molecular formula is C12H15N3O2S2. The Morgan fingerprint density at radius 2 is 2.00 bits per heavy atom. The molecule has 0 saturated carbocycles. The van der Waals surface area contributed by atoms with Crippen molar-refractivity contribution in [3.8, 4) is 0 Å². The second-order valence-electron chi connectivity index (χ2n) is 4.19. The normalized spacial score (nSPS) is 11.7. The lowest BCUT2D eigenvalue weighted by molar-refractivity contribution is 0.581. The molecule has 0 fully saturated rings. The van der Waals surface area contributed by atoms with Crippen molar-refractivity contribution in [1.29, 1.82) is 0 Å². The van der Waals surface area contributed by atoms with Gasteiger partial charge in [0.25, 0.3) is 0 Å². The third-order valence-electron chi connectivity index (χ3n) is 2.78.